The van der Waals surface area contributed by atoms with Gasteiger partial charge in [-0.3, -0.25) is 10.3 Å². The second kappa shape index (κ2) is 8.53. The van der Waals surface area contributed by atoms with E-state index in [2.05, 4.69) is 34.3 Å². The SMILES string of the molecule is CC(NCC#Cc1ccc(-c2ccncc2)cc1)c1cc(Cl)ccc1O. The van der Waals surface area contributed by atoms with Crippen LogP contribution in [-0.2, 0) is 0 Å². The highest BCUT2D eigenvalue weighted by Gasteiger charge is 2.09. The van der Waals surface area contributed by atoms with E-state index in [0.29, 0.717) is 11.6 Å². The van der Waals surface area contributed by atoms with Crippen LogP contribution in [0.3, 0.4) is 0 Å². The number of nitrogens with one attached hydrogen (secondary N) is 1. The Balaban J connectivity index is 1.59. The van der Waals surface area contributed by atoms with E-state index in [-0.39, 0.29) is 11.8 Å². The molecule has 0 amide bonds. The van der Waals surface area contributed by atoms with Crippen molar-refractivity contribution in [2.24, 2.45) is 0 Å². The Morgan fingerprint density at radius 2 is 1.73 bits per heavy atom. The number of phenolic OH excluding ortho intramolecular Hbond substituents is 1. The molecular weight excluding hydrogens is 344 g/mol. The molecule has 2 aromatic carbocycles. The van der Waals surface area contributed by atoms with Gasteiger partial charge in [0, 0.05) is 34.6 Å². The van der Waals surface area contributed by atoms with E-state index in [1.54, 1.807) is 30.6 Å². The van der Waals surface area contributed by atoms with Gasteiger partial charge in [0.2, 0.25) is 0 Å². The van der Waals surface area contributed by atoms with Gasteiger partial charge in [0.15, 0.2) is 0 Å². The number of hydrogen-bond donors (Lipinski definition) is 2. The lowest BCUT2D eigenvalue weighted by molar-refractivity contribution is 0.456. The Bertz CT molecular complexity index is 928. The summed E-state index contributed by atoms with van der Waals surface area (Å²) >= 11 is 5.99. The van der Waals surface area contributed by atoms with Crippen molar-refractivity contribution in [3.8, 4) is 28.7 Å². The summed E-state index contributed by atoms with van der Waals surface area (Å²) in [4.78, 5) is 4.03. The Kier molecular flexibility index (Phi) is 5.91. The molecular formula is C22H19ClN2O. The summed E-state index contributed by atoms with van der Waals surface area (Å²) in [6.07, 6.45) is 3.57. The Morgan fingerprint density at radius 1 is 1.04 bits per heavy atom. The number of pyridine rings is 1. The van der Waals surface area contributed by atoms with E-state index in [9.17, 15) is 5.11 Å². The number of aromatic hydroxyl groups is 1. The molecule has 3 aromatic rings. The fourth-order valence-corrected chi connectivity index (χ4v) is 2.80. The molecule has 3 rings (SSSR count). The molecule has 0 aliphatic heterocycles. The topological polar surface area (TPSA) is 45.2 Å². The normalized spacial score (nSPS) is 11.5. The minimum absolute atomic E-state index is 0.0444. The molecule has 1 unspecified atom stereocenters. The van der Waals surface area contributed by atoms with Gasteiger partial charge in [0.05, 0.1) is 6.54 Å². The molecule has 130 valence electrons. The number of halogens is 1. The van der Waals surface area contributed by atoms with Crippen LogP contribution in [0.15, 0.2) is 67.0 Å². The van der Waals surface area contributed by atoms with E-state index < -0.39 is 0 Å². The van der Waals surface area contributed by atoms with Crippen LogP contribution in [0.5, 0.6) is 5.75 Å². The lowest BCUT2D eigenvalue weighted by Gasteiger charge is -2.14. The summed E-state index contributed by atoms with van der Waals surface area (Å²) in [5, 5.41) is 13.8. The zero-order valence-corrected chi connectivity index (χ0v) is 15.2. The Labute approximate surface area is 158 Å². The first-order chi connectivity index (χ1) is 12.6. The van der Waals surface area contributed by atoms with E-state index in [1.165, 1.54) is 0 Å². The van der Waals surface area contributed by atoms with E-state index in [4.69, 9.17) is 11.6 Å². The summed E-state index contributed by atoms with van der Waals surface area (Å²) in [5.74, 6) is 6.48. The van der Waals surface area contributed by atoms with Gasteiger partial charge in [-0.1, -0.05) is 35.6 Å². The molecule has 26 heavy (non-hydrogen) atoms. The first kappa shape index (κ1) is 18.0. The summed E-state index contributed by atoms with van der Waals surface area (Å²) in [7, 11) is 0. The zero-order chi connectivity index (χ0) is 18.4. The number of aromatic nitrogens is 1. The number of hydrogen-bond acceptors (Lipinski definition) is 3. The second-order valence-electron chi connectivity index (χ2n) is 5.92. The van der Waals surface area contributed by atoms with E-state index >= 15 is 0 Å². The fourth-order valence-electron chi connectivity index (χ4n) is 2.62. The van der Waals surface area contributed by atoms with Crippen molar-refractivity contribution in [1.29, 1.82) is 0 Å². The van der Waals surface area contributed by atoms with Crippen LogP contribution in [0.4, 0.5) is 0 Å². The maximum atomic E-state index is 9.92. The van der Waals surface area contributed by atoms with Crippen LogP contribution in [0.2, 0.25) is 5.02 Å². The molecule has 0 spiro atoms. The molecule has 4 heteroatoms. The van der Waals surface area contributed by atoms with Crippen molar-refractivity contribution >= 4 is 11.6 Å². The molecule has 0 saturated carbocycles. The summed E-state index contributed by atoms with van der Waals surface area (Å²) in [5.41, 5.74) is 4.00. The molecule has 2 N–H and O–H groups in total. The summed E-state index contributed by atoms with van der Waals surface area (Å²) in [6, 6.07) is 17.1. The van der Waals surface area contributed by atoms with Crippen molar-refractivity contribution in [1.82, 2.24) is 10.3 Å². The first-order valence-corrected chi connectivity index (χ1v) is 8.72. The first-order valence-electron chi connectivity index (χ1n) is 8.34. The Morgan fingerprint density at radius 3 is 2.46 bits per heavy atom. The average molecular weight is 363 g/mol. The number of rotatable bonds is 4. The van der Waals surface area contributed by atoms with Crippen molar-refractivity contribution in [3.63, 3.8) is 0 Å². The molecule has 1 aromatic heterocycles. The van der Waals surface area contributed by atoms with Gasteiger partial charge in [-0.05, 0) is 60.5 Å². The predicted molar refractivity (Wildman–Crippen MR) is 106 cm³/mol. The van der Waals surface area contributed by atoms with Gasteiger partial charge in [-0.15, -0.1) is 0 Å². The highest BCUT2D eigenvalue weighted by molar-refractivity contribution is 6.30. The molecule has 0 saturated heterocycles. The third-order valence-electron chi connectivity index (χ3n) is 4.08. The van der Waals surface area contributed by atoms with Gasteiger partial charge in [-0.25, -0.2) is 0 Å². The second-order valence-corrected chi connectivity index (χ2v) is 6.36. The average Bonchev–Trinajstić information content (AvgIpc) is 2.68. The highest BCUT2D eigenvalue weighted by Crippen LogP contribution is 2.26. The number of benzene rings is 2. The summed E-state index contributed by atoms with van der Waals surface area (Å²) < 4.78 is 0. The van der Waals surface area contributed by atoms with E-state index in [1.807, 2.05) is 31.2 Å². The van der Waals surface area contributed by atoms with Crippen LogP contribution in [0, 0.1) is 11.8 Å². The smallest absolute Gasteiger partial charge is 0.120 e. The van der Waals surface area contributed by atoms with Crippen LogP contribution in [0.1, 0.15) is 24.1 Å². The zero-order valence-electron chi connectivity index (χ0n) is 14.4. The van der Waals surface area contributed by atoms with Gasteiger partial charge in [0.25, 0.3) is 0 Å². The third-order valence-corrected chi connectivity index (χ3v) is 4.32. The standard InChI is InChI=1S/C22H19ClN2O/c1-16(21-15-20(23)8-9-22(21)26)25-12-2-3-17-4-6-18(7-5-17)19-10-13-24-14-11-19/h4-11,13-16,25-26H,12H2,1H3. The molecule has 1 heterocycles. The molecule has 0 aliphatic rings. The van der Waals surface area contributed by atoms with Gasteiger partial charge < -0.3 is 5.11 Å². The molecule has 3 nitrogen and oxygen atoms in total. The summed E-state index contributed by atoms with van der Waals surface area (Å²) in [6.45, 7) is 2.48. The van der Waals surface area contributed by atoms with Crippen LogP contribution in [-0.4, -0.2) is 16.6 Å². The van der Waals surface area contributed by atoms with Crippen molar-refractivity contribution in [2.75, 3.05) is 6.54 Å². The van der Waals surface area contributed by atoms with Crippen molar-refractivity contribution in [2.45, 2.75) is 13.0 Å². The van der Waals surface area contributed by atoms with Crippen LogP contribution in [0.25, 0.3) is 11.1 Å². The molecule has 0 fully saturated rings. The van der Waals surface area contributed by atoms with E-state index in [0.717, 1.165) is 22.3 Å². The minimum atomic E-state index is -0.0444. The van der Waals surface area contributed by atoms with Gasteiger partial charge in [-0.2, -0.15) is 0 Å². The van der Waals surface area contributed by atoms with Gasteiger partial charge >= 0.3 is 0 Å². The quantitative estimate of drug-likeness (QED) is 0.655. The lowest BCUT2D eigenvalue weighted by Crippen LogP contribution is -2.18. The van der Waals surface area contributed by atoms with Crippen molar-refractivity contribution < 1.29 is 5.11 Å². The predicted octanol–water partition coefficient (Wildman–Crippen LogP) is 4.81. The highest BCUT2D eigenvalue weighted by atomic mass is 35.5. The van der Waals surface area contributed by atoms with Crippen LogP contribution >= 0.6 is 11.6 Å². The van der Waals surface area contributed by atoms with Gasteiger partial charge in [0.1, 0.15) is 5.75 Å². The largest absolute Gasteiger partial charge is 0.508 e. The molecule has 0 aliphatic carbocycles. The molecule has 0 bridgehead atoms. The van der Waals surface area contributed by atoms with Crippen LogP contribution < -0.4 is 5.32 Å². The fraction of sp³-hybridized carbons (Fsp3) is 0.136. The Hall–Kier alpha value is -2.80. The maximum absolute atomic E-state index is 9.92. The van der Waals surface area contributed by atoms with Crippen molar-refractivity contribution in [3.05, 3.63) is 83.1 Å². The monoisotopic (exact) mass is 362 g/mol. The molecule has 0 radical (unpaired) electrons. The minimum Gasteiger partial charge on any atom is -0.508 e. The third kappa shape index (κ3) is 4.64. The lowest BCUT2D eigenvalue weighted by atomic mass is 10.1. The number of nitrogens with zero attached hydrogens (tertiary/aromatic N) is 1. The molecule has 1 atom stereocenters. The number of phenols is 1. The maximum Gasteiger partial charge on any atom is 0.120 e.